The first-order valence-electron chi connectivity index (χ1n) is 6.53. The van der Waals surface area contributed by atoms with E-state index in [0.717, 1.165) is 5.56 Å². The first kappa shape index (κ1) is 13.4. The first-order chi connectivity index (χ1) is 10.2. The van der Waals surface area contributed by atoms with Gasteiger partial charge in [-0.2, -0.15) is 0 Å². The van der Waals surface area contributed by atoms with Crippen molar-refractivity contribution in [2.75, 3.05) is 10.3 Å². The van der Waals surface area contributed by atoms with Crippen LogP contribution in [0.2, 0.25) is 0 Å². The maximum absolute atomic E-state index is 13.4. The number of aryl methyl sites for hydroxylation is 1. The van der Waals surface area contributed by atoms with E-state index in [0.29, 0.717) is 30.0 Å². The molecule has 3 N–H and O–H groups in total. The summed E-state index contributed by atoms with van der Waals surface area (Å²) in [5, 5.41) is 0. The summed E-state index contributed by atoms with van der Waals surface area (Å²) >= 11 is 0. The van der Waals surface area contributed by atoms with E-state index >= 15 is 0 Å². The molecule has 0 spiro atoms. The van der Waals surface area contributed by atoms with Crippen molar-refractivity contribution in [3.05, 3.63) is 47.7 Å². The summed E-state index contributed by atoms with van der Waals surface area (Å²) in [6.45, 7) is 0.257. The number of nitrogens with zero attached hydrogens (tertiary/aromatic N) is 3. The molecule has 0 fully saturated rings. The SMILES string of the molecule is NNc1cnc(CN2C(=O)CCc3ccc(F)cc32)cn1. The van der Waals surface area contributed by atoms with Gasteiger partial charge in [-0.25, -0.2) is 15.2 Å². The predicted molar refractivity (Wildman–Crippen MR) is 75.8 cm³/mol. The van der Waals surface area contributed by atoms with Gasteiger partial charge in [0.2, 0.25) is 5.91 Å². The second-order valence-electron chi connectivity index (χ2n) is 4.79. The number of carbonyl (C=O) groups is 1. The van der Waals surface area contributed by atoms with E-state index in [4.69, 9.17) is 5.84 Å². The molecule has 1 aliphatic heterocycles. The molecule has 0 saturated heterocycles. The molecular formula is C14H14FN5O. The normalized spacial score (nSPS) is 14.0. The lowest BCUT2D eigenvalue weighted by molar-refractivity contribution is -0.119. The highest BCUT2D eigenvalue weighted by Gasteiger charge is 2.25. The molecule has 7 heteroatoms. The van der Waals surface area contributed by atoms with Crippen molar-refractivity contribution in [2.45, 2.75) is 19.4 Å². The van der Waals surface area contributed by atoms with Gasteiger partial charge in [-0.3, -0.25) is 9.78 Å². The summed E-state index contributed by atoms with van der Waals surface area (Å²) in [5.41, 5.74) is 4.56. The van der Waals surface area contributed by atoms with Crippen molar-refractivity contribution in [1.82, 2.24) is 9.97 Å². The number of hydrogen-bond donors (Lipinski definition) is 2. The summed E-state index contributed by atoms with van der Waals surface area (Å²) in [6.07, 6.45) is 4.06. The topological polar surface area (TPSA) is 84.1 Å². The Morgan fingerprint density at radius 1 is 1.29 bits per heavy atom. The summed E-state index contributed by atoms with van der Waals surface area (Å²) in [6, 6.07) is 4.52. The van der Waals surface area contributed by atoms with Crippen molar-refractivity contribution in [1.29, 1.82) is 0 Å². The summed E-state index contributed by atoms with van der Waals surface area (Å²) in [5.74, 6) is 5.26. The molecule has 0 unspecified atom stereocenters. The number of benzene rings is 1. The minimum Gasteiger partial charge on any atom is -0.307 e. The molecule has 0 radical (unpaired) electrons. The maximum atomic E-state index is 13.4. The zero-order valence-corrected chi connectivity index (χ0v) is 11.2. The lowest BCUT2D eigenvalue weighted by Gasteiger charge is -2.29. The highest BCUT2D eigenvalue weighted by molar-refractivity contribution is 5.96. The smallest absolute Gasteiger partial charge is 0.227 e. The van der Waals surface area contributed by atoms with Gasteiger partial charge in [0.25, 0.3) is 0 Å². The molecular weight excluding hydrogens is 273 g/mol. The second kappa shape index (κ2) is 5.45. The van der Waals surface area contributed by atoms with Gasteiger partial charge in [0, 0.05) is 6.42 Å². The highest BCUT2D eigenvalue weighted by atomic mass is 19.1. The third-order valence-electron chi connectivity index (χ3n) is 3.42. The van der Waals surface area contributed by atoms with Crippen LogP contribution in [0.25, 0.3) is 0 Å². The molecule has 1 aromatic heterocycles. The van der Waals surface area contributed by atoms with Gasteiger partial charge < -0.3 is 10.3 Å². The number of nitrogen functional groups attached to an aromatic ring is 1. The van der Waals surface area contributed by atoms with Crippen LogP contribution in [0.5, 0.6) is 0 Å². The van der Waals surface area contributed by atoms with Crippen LogP contribution in [0.4, 0.5) is 15.9 Å². The fraction of sp³-hybridized carbons (Fsp3) is 0.214. The predicted octanol–water partition coefficient (Wildman–Crippen LogP) is 1.38. The summed E-state index contributed by atoms with van der Waals surface area (Å²) in [7, 11) is 0. The number of hydrazine groups is 1. The fourth-order valence-electron chi connectivity index (χ4n) is 2.36. The Bertz CT molecular complexity index is 674. The molecule has 1 aliphatic rings. The Kier molecular flexibility index (Phi) is 3.49. The van der Waals surface area contributed by atoms with E-state index in [2.05, 4.69) is 15.4 Å². The number of aromatic nitrogens is 2. The number of rotatable bonds is 3. The Morgan fingerprint density at radius 3 is 2.86 bits per heavy atom. The number of halogens is 1. The first-order valence-corrected chi connectivity index (χ1v) is 6.53. The number of anilines is 2. The molecule has 3 rings (SSSR count). The molecule has 1 aromatic carbocycles. The van der Waals surface area contributed by atoms with Gasteiger partial charge in [-0.1, -0.05) is 6.07 Å². The van der Waals surface area contributed by atoms with Crippen LogP contribution in [-0.2, 0) is 17.8 Å². The van der Waals surface area contributed by atoms with Crippen molar-refractivity contribution in [3.63, 3.8) is 0 Å². The van der Waals surface area contributed by atoms with Gasteiger partial charge in [0.15, 0.2) is 5.82 Å². The molecule has 1 amide bonds. The Hall–Kier alpha value is -2.54. The van der Waals surface area contributed by atoms with Crippen molar-refractivity contribution in [2.24, 2.45) is 5.84 Å². The van der Waals surface area contributed by atoms with Crippen LogP contribution in [0.3, 0.4) is 0 Å². The third-order valence-corrected chi connectivity index (χ3v) is 3.42. The van der Waals surface area contributed by atoms with Gasteiger partial charge in [-0.05, 0) is 24.1 Å². The number of fused-ring (bicyclic) bond motifs is 1. The number of carbonyl (C=O) groups excluding carboxylic acids is 1. The molecule has 108 valence electrons. The maximum Gasteiger partial charge on any atom is 0.227 e. The average molecular weight is 287 g/mol. The van der Waals surface area contributed by atoms with Gasteiger partial charge >= 0.3 is 0 Å². The van der Waals surface area contributed by atoms with Crippen LogP contribution < -0.4 is 16.2 Å². The number of amides is 1. The Labute approximate surface area is 120 Å². The molecule has 0 bridgehead atoms. The lowest BCUT2D eigenvalue weighted by Crippen LogP contribution is -2.35. The van der Waals surface area contributed by atoms with E-state index in [1.165, 1.54) is 24.5 Å². The summed E-state index contributed by atoms with van der Waals surface area (Å²) < 4.78 is 13.4. The van der Waals surface area contributed by atoms with Crippen LogP contribution >= 0.6 is 0 Å². The number of nitrogens with one attached hydrogen (secondary N) is 1. The Balaban J connectivity index is 1.90. The standard InChI is InChI=1S/C14H14FN5O/c15-10-3-1-9-2-4-14(21)20(12(9)5-10)8-11-6-18-13(19-16)7-17-11/h1,3,5-7H,2,4,8,16H2,(H,18,19). The van der Waals surface area contributed by atoms with Crippen LogP contribution in [0, 0.1) is 5.82 Å². The minimum absolute atomic E-state index is 0.0454. The van der Waals surface area contributed by atoms with E-state index in [1.54, 1.807) is 11.0 Å². The van der Waals surface area contributed by atoms with Gasteiger partial charge in [0.1, 0.15) is 5.82 Å². The van der Waals surface area contributed by atoms with Gasteiger partial charge in [-0.15, -0.1) is 0 Å². The van der Waals surface area contributed by atoms with Crippen LogP contribution in [0.15, 0.2) is 30.6 Å². The minimum atomic E-state index is -0.359. The number of nitrogens with two attached hydrogens (primary N) is 1. The van der Waals surface area contributed by atoms with E-state index in [9.17, 15) is 9.18 Å². The quantitative estimate of drug-likeness (QED) is 0.658. The van der Waals surface area contributed by atoms with Gasteiger partial charge in [0.05, 0.1) is 30.3 Å². The largest absolute Gasteiger partial charge is 0.307 e. The van der Waals surface area contributed by atoms with E-state index < -0.39 is 0 Å². The molecule has 2 aromatic rings. The molecule has 0 aliphatic carbocycles. The Morgan fingerprint density at radius 2 is 2.14 bits per heavy atom. The monoisotopic (exact) mass is 287 g/mol. The van der Waals surface area contributed by atoms with Crippen molar-refractivity contribution in [3.8, 4) is 0 Å². The molecule has 2 heterocycles. The zero-order chi connectivity index (χ0) is 14.8. The van der Waals surface area contributed by atoms with Crippen LogP contribution in [0.1, 0.15) is 17.7 Å². The fourth-order valence-corrected chi connectivity index (χ4v) is 2.36. The highest BCUT2D eigenvalue weighted by Crippen LogP contribution is 2.29. The molecule has 21 heavy (non-hydrogen) atoms. The second-order valence-corrected chi connectivity index (χ2v) is 4.79. The average Bonchev–Trinajstić information content (AvgIpc) is 2.51. The van der Waals surface area contributed by atoms with Crippen molar-refractivity contribution >= 4 is 17.4 Å². The lowest BCUT2D eigenvalue weighted by atomic mass is 10.0. The van der Waals surface area contributed by atoms with E-state index in [1.807, 2.05) is 0 Å². The van der Waals surface area contributed by atoms with Crippen molar-refractivity contribution < 1.29 is 9.18 Å². The van der Waals surface area contributed by atoms with E-state index in [-0.39, 0.29) is 18.3 Å². The molecule has 0 saturated carbocycles. The van der Waals surface area contributed by atoms with Crippen LogP contribution in [-0.4, -0.2) is 15.9 Å². The zero-order valence-electron chi connectivity index (χ0n) is 11.2. The third kappa shape index (κ3) is 2.68. The molecule has 0 atom stereocenters. The number of hydrogen-bond acceptors (Lipinski definition) is 5. The molecule has 6 nitrogen and oxygen atoms in total. The summed E-state index contributed by atoms with van der Waals surface area (Å²) in [4.78, 5) is 21.9.